The van der Waals surface area contributed by atoms with Gasteiger partial charge in [-0.05, 0) is 38.2 Å². The van der Waals surface area contributed by atoms with Gasteiger partial charge in [0, 0.05) is 17.0 Å². The van der Waals surface area contributed by atoms with Crippen LogP contribution in [0.15, 0.2) is 34.5 Å². The highest BCUT2D eigenvalue weighted by Gasteiger charge is 2.18. The summed E-state index contributed by atoms with van der Waals surface area (Å²) in [6.07, 6.45) is 0. The number of halogens is 1. The lowest BCUT2D eigenvalue weighted by Crippen LogP contribution is -2.12. The first-order valence-electron chi connectivity index (χ1n) is 5.95. The van der Waals surface area contributed by atoms with E-state index in [4.69, 9.17) is 0 Å². The molecule has 0 fully saturated rings. The van der Waals surface area contributed by atoms with E-state index in [1.54, 1.807) is 19.2 Å². The van der Waals surface area contributed by atoms with Gasteiger partial charge >= 0.3 is 0 Å². The van der Waals surface area contributed by atoms with Gasteiger partial charge in [-0.15, -0.1) is 11.3 Å². The van der Waals surface area contributed by atoms with Crippen LogP contribution < -0.4 is 10.0 Å². The van der Waals surface area contributed by atoms with Crippen molar-refractivity contribution in [2.24, 2.45) is 0 Å². The third-order valence-corrected chi connectivity index (χ3v) is 5.71. The van der Waals surface area contributed by atoms with Crippen LogP contribution in [-0.4, -0.2) is 15.5 Å². The van der Waals surface area contributed by atoms with E-state index in [1.165, 1.54) is 36.5 Å². The van der Waals surface area contributed by atoms with Gasteiger partial charge in [0.2, 0.25) is 0 Å². The van der Waals surface area contributed by atoms with Crippen molar-refractivity contribution in [1.29, 1.82) is 0 Å². The van der Waals surface area contributed by atoms with Gasteiger partial charge in [-0.1, -0.05) is 6.07 Å². The van der Waals surface area contributed by atoms with Crippen LogP contribution in [0.4, 0.5) is 10.1 Å². The van der Waals surface area contributed by atoms with E-state index >= 15 is 0 Å². The highest BCUT2D eigenvalue weighted by atomic mass is 32.2. The van der Waals surface area contributed by atoms with Crippen molar-refractivity contribution in [3.63, 3.8) is 0 Å². The first-order chi connectivity index (χ1) is 9.44. The third-order valence-electron chi connectivity index (χ3n) is 2.76. The summed E-state index contributed by atoms with van der Waals surface area (Å²) in [5, 5.41) is 2.96. The Hall–Kier alpha value is -1.44. The van der Waals surface area contributed by atoms with Crippen LogP contribution in [0.3, 0.4) is 0 Å². The molecule has 1 aromatic heterocycles. The van der Waals surface area contributed by atoms with E-state index in [-0.39, 0.29) is 15.5 Å². The Bertz CT molecular complexity index is 711. The van der Waals surface area contributed by atoms with Crippen molar-refractivity contribution in [3.8, 4) is 0 Å². The number of thiophene rings is 1. The first-order valence-corrected chi connectivity index (χ1v) is 8.25. The van der Waals surface area contributed by atoms with E-state index in [9.17, 15) is 12.8 Å². The molecule has 1 aromatic carbocycles. The molecule has 0 unspecified atom stereocenters. The summed E-state index contributed by atoms with van der Waals surface area (Å²) in [4.78, 5) is 0.920. The number of nitrogens with one attached hydrogen (secondary N) is 2. The van der Waals surface area contributed by atoms with Crippen molar-refractivity contribution < 1.29 is 12.8 Å². The number of rotatable bonds is 5. The maximum Gasteiger partial charge on any atom is 0.271 e. The summed E-state index contributed by atoms with van der Waals surface area (Å²) < 4.78 is 40.5. The van der Waals surface area contributed by atoms with E-state index in [2.05, 4.69) is 10.0 Å². The lowest BCUT2D eigenvalue weighted by Gasteiger charge is -2.09. The van der Waals surface area contributed by atoms with E-state index in [0.717, 1.165) is 4.88 Å². The van der Waals surface area contributed by atoms with Gasteiger partial charge in [0.15, 0.2) is 0 Å². The summed E-state index contributed by atoms with van der Waals surface area (Å²) in [6, 6.07) is 7.62. The average molecular weight is 314 g/mol. The van der Waals surface area contributed by atoms with Crippen molar-refractivity contribution in [3.05, 3.63) is 46.6 Å². The van der Waals surface area contributed by atoms with Gasteiger partial charge in [0.25, 0.3) is 10.0 Å². The quantitative estimate of drug-likeness (QED) is 0.892. The molecule has 0 saturated heterocycles. The zero-order valence-electron chi connectivity index (χ0n) is 11.1. The molecule has 0 aliphatic heterocycles. The minimum atomic E-state index is -3.68. The summed E-state index contributed by atoms with van der Waals surface area (Å²) in [5.41, 5.74) is 0.539. The normalized spacial score (nSPS) is 11.6. The van der Waals surface area contributed by atoms with Gasteiger partial charge in [0.1, 0.15) is 10.0 Å². The Kier molecular flexibility index (Phi) is 4.42. The number of hydrogen-bond acceptors (Lipinski definition) is 4. The molecular formula is C13H15FN2O2S2. The fourth-order valence-corrected chi connectivity index (χ4v) is 4.18. The number of benzene rings is 1. The number of anilines is 1. The molecule has 0 bridgehead atoms. The van der Waals surface area contributed by atoms with Crippen LogP contribution in [0, 0.1) is 12.7 Å². The molecular weight excluding hydrogens is 299 g/mol. The zero-order valence-corrected chi connectivity index (χ0v) is 12.7. The van der Waals surface area contributed by atoms with Crippen LogP contribution in [0.25, 0.3) is 0 Å². The monoisotopic (exact) mass is 314 g/mol. The second-order valence-corrected chi connectivity index (χ2v) is 7.35. The van der Waals surface area contributed by atoms with Gasteiger partial charge in [-0.2, -0.15) is 0 Å². The molecule has 0 aliphatic carbocycles. The summed E-state index contributed by atoms with van der Waals surface area (Å²) in [5.74, 6) is -0.438. The largest absolute Gasteiger partial charge is 0.315 e. The van der Waals surface area contributed by atoms with Crippen LogP contribution >= 0.6 is 11.3 Å². The fraction of sp³-hybridized carbons (Fsp3) is 0.231. The molecule has 0 saturated carbocycles. The number of sulfonamides is 1. The maximum atomic E-state index is 13.4. The Morgan fingerprint density at radius 2 is 2.00 bits per heavy atom. The molecule has 0 spiro atoms. The fourth-order valence-electron chi connectivity index (χ4n) is 1.68. The minimum absolute atomic E-state index is 0.214. The molecule has 2 rings (SSSR count). The Labute approximate surface area is 121 Å². The molecule has 0 radical (unpaired) electrons. The Morgan fingerprint density at radius 3 is 2.70 bits per heavy atom. The summed E-state index contributed by atoms with van der Waals surface area (Å²) >= 11 is 1.19. The molecule has 7 heteroatoms. The second-order valence-electron chi connectivity index (χ2n) is 4.27. The van der Waals surface area contributed by atoms with Gasteiger partial charge in [-0.3, -0.25) is 4.72 Å². The molecule has 2 aromatic rings. The topological polar surface area (TPSA) is 58.2 Å². The molecule has 20 heavy (non-hydrogen) atoms. The summed E-state index contributed by atoms with van der Waals surface area (Å²) in [7, 11) is -1.88. The SMILES string of the molecule is CNCc1ccc(S(=O)(=O)Nc2cccc(F)c2C)s1. The van der Waals surface area contributed by atoms with Crippen molar-refractivity contribution >= 4 is 27.0 Å². The molecule has 108 valence electrons. The van der Waals surface area contributed by atoms with Crippen molar-refractivity contribution in [2.75, 3.05) is 11.8 Å². The van der Waals surface area contributed by atoms with Crippen molar-refractivity contribution in [2.45, 2.75) is 17.7 Å². The zero-order chi connectivity index (χ0) is 14.8. The Balaban J connectivity index is 2.28. The van der Waals surface area contributed by atoms with Crippen LogP contribution in [0.5, 0.6) is 0 Å². The second kappa shape index (κ2) is 5.90. The first kappa shape index (κ1) is 15.0. The molecule has 0 aliphatic rings. The van der Waals surface area contributed by atoms with E-state index < -0.39 is 15.8 Å². The minimum Gasteiger partial charge on any atom is -0.315 e. The Morgan fingerprint density at radius 1 is 1.25 bits per heavy atom. The maximum absolute atomic E-state index is 13.4. The summed E-state index contributed by atoms with van der Waals surface area (Å²) in [6.45, 7) is 2.15. The van der Waals surface area contributed by atoms with Crippen LogP contribution in [-0.2, 0) is 16.6 Å². The standard InChI is InChI=1S/C13H15FN2O2S2/c1-9-11(14)4-3-5-12(9)16-20(17,18)13-7-6-10(19-13)8-15-2/h3-7,15-16H,8H2,1-2H3. The van der Waals surface area contributed by atoms with Crippen LogP contribution in [0.2, 0.25) is 0 Å². The predicted molar refractivity (Wildman–Crippen MR) is 79.0 cm³/mol. The molecule has 2 N–H and O–H groups in total. The lowest BCUT2D eigenvalue weighted by molar-refractivity contribution is 0.602. The van der Waals surface area contributed by atoms with Crippen LogP contribution in [0.1, 0.15) is 10.4 Å². The van der Waals surface area contributed by atoms with Gasteiger partial charge in [0.05, 0.1) is 5.69 Å². The van der Waals surface area contributed by atoms with Gasteiger partial charge in [-0.25, -0.2) is 12.8 Å². The molecule has 4 nitrogen and oxygen atoms in total. The average Bonchev–Trinajstić information content (AvgIpc) is 2.85. The predicted octanol–water partition coefficient (Wildman–Crippen LogP) is 2.72. The van der Waals surface area contributed by atoms with Gasteiger partial charge < -0.3 is 5.32 Å². The highest BCUT2D eigenvalue weighted by molar-refractivity contribution is 7.94. The van der Waals surface area contributed by atoms with E-state index in [1.807, 2.05) is 0 Å². The van der Waals surface area contributed by atoms with Crippen molar-refractivity contribution in [1.82, 2.24) is 5.32 Å². The highest BCUT2D eigenvalue weighted by Crippen LogP contribution is 2.26. The molecule has 0 atom stereocenters. The lowest BCUT2D eigenvalue weighted by atomic mass is 10.2. The third kappa shape index (κ3) is 3.17. The smallest absolute Gasteiger partial charge is 0.271 e. The molecule has 0 amide bonds. The molecule has 1 heterocycles. The number of hydrogen-bond donors (Lipinski definition) is 2. The van der Waals surface area contributed by atoms with E-state index in [0.29, 0.717) is 6.54 Å².